The van der Waals surface area contributed by atoms with Crippen molar-refractivity contribution >= 4 is 15.7 Å². The molecule has 1 unspecified atom stereocenters. The molecule has 1 rings (SSSR count). The molecule has 0 radical (unpaired) electrons. The number of halogens is 1. The molecule has 0 bridgehead atoms. The molecule has 19 heavy (non-hydrogen) atoms. The molecule has 0 spiro atoms. The molecule has 4 N–H and O–H groups in total. The van der Waals surface area contributed by atoms with Gasteiger partial charge in [0.25, 0.3) is 0 Å². The molecular formula is C12H19FN2O3S. The molecule has 5 nitrogen and oxygen atoms in total. The Hall–Kier alpha value is -1.18. The van der Waals surface area contributed by atoms with E-state index < -0.39 is 26.8 Å². The van der Waals surface area contributed by atoms with Crippen molar-refractivity contribution in [3.05, 3.63) is 23.5 Å². The molecule has 0 fully saturated rings. The number of hydrogen-bond acceptors (Lipinski definition) is 4. The average molecular weight is 290 g/mol. The van der Waals surface area contributed by atoms with E-state index >= 15 is 0 Å². The lowest BCUT2D eigenvalue weighted by Crippen LogP contribution is -2.28. The van der Waals surface area contributed by atoms with E-state index in [1.165, 1.54) is 0 Å². The van der Waals surface area contributed by atoms with Gasteiger partial charge >= 0.3 is 0 Å². The number of hydrogen-bond donors (Lipinski definition) is 3. The summed E-state index contributed by atoms with van der Waals surface area (Å²) in [5.41, 5.74) is 6.29. The zero-order chi connectivity index (χ0) is 14.6. The van der Waals surface area contributed by atoms with Gasteiger partial charge in [-0.05, 0) is 37.5 Å². The van der Waals surface area contributed by atoms with Crippen molar-refractivity contribution in [1.82, 2.24) is 4.72 Å². The number of aliphatic hydroxyl groups is 1. The predicted molar refractivity (Wildman–Crippen MR) is 71.7 cm³/mol. The van der Waals surface area contributed by atoms with Crippen LogP contribution in [-0.2, 0) is 10.0 Å². The number of anilines is 1. The summed E-state index contributed by atoms with van der Waals surface area (Å²) in [5.74, 6) is -0.838. The lowest BCUT2D eigenvalue weighted by Gasteiger charge is -2.11. The summed E-state index contributed by atoms with van der Waals surface area (Å²) in [6.07, 6.45) is 0.238. The van der Waals surface area contributed by atoms with Crippen molar-refractivity contribution < 1.29 is 17.9 Å². The van der Waals surface area contributed by atoms with Crippen LogP contribution in [0.25, 0.3) is 0 Å². The fraction of sp³-hybridized carbons (Fsp3) is 0.500. The number of nitrogens with two attached hydrogens (primary N) is 1. The molecule has 0 aliphatic carbocycles. The van der Waals surface area contributed by atoms with E-state index in [-0.39, 0.29) is 18.7 Å². The molecule has 0 heterocycles. The van der Waals surface area contributed by atoms with E-state index in [2.05, 4.69) is 4.72 Å². The number of nitrogens with one attached hydrogen (secondary N) is 1. The molecule has 0 aliphatic heterocycles. The summed E-state index contributed by atoms with van der Waals surface area (Å²) >= 11 is 0. The Morgan fingerprint density at radius 3 is 2.68 bits per heavy atom. The van der Waals surface area contributed by atoms with Crippen LogP contribution in [0.3, 0.4) is 0 Å². The highest BCUT2D eigenvalue weighted by Crippen LogP contribution is 2.21. The smallest absolute Gasteiger partial charge is 0.243 e. The van der Waals surface area contributed by atoms with Crippen molar-refractivity contribution in [1.29, 1.82) is 0 Å². The van der Waals surface area contributed by atoms with E-state index in [4.69, 9.17) is 5.73 Å². The zero-order valence-electron chi connectivity index (χ0n) is 11.0. The van der Waals surface area contributed by atoms with Crippen LogP contribution in [0.1, 0.15) is 25.3 Å². The van der Waals surface area contributed by atoms with E-state index in [1.807, 2.05) is 0 Å². The maximum Gasteiger partial charge on any atom is 0.243 e. The Kier molecular flexibility index (Phi) is 5.28. The Bertz CT molecular complexity index is 546. The minimum atomic E-state index is -3.95. The molecule has 0 amide bonds. The summed E-state index contributed by atoms with van der Waals surface area (Å²) in [7, 11) is -3.95. The maximum atomic E-state index is 13.7. The van der Waals surface area contributed by atoms with E-state index in [1.54, 1.807) is 13.8 Å². The third-order valence-electron chi connectivity index (χ3n) is 2.85. The second-order valence-corrected chi connectivity index (χ2v) is 6.12. The predicted octanol–water partition coefficient (Wildman–Crippen LogP) is 1.16. The lowest BCUT2D eigenvalue weighted by atomic mass is 10.2. The van der Waals surface area contributed by atoms with Crippen LogP contribution in [0.4, 0.5) is 10.1 Å². The number of aliphatic hydroxyl groups excluding tert-OH is 1. The molecule has 1 aromatic rings. The Labute approximate surface area is 112 Å². The second kappa shape index (κ2) is 6.31. The number of benzene rings is 1. The highest BCUT2D eigenvalue weighted by Gasteiger charge is 2.20. The van der Waals surface area contributed by atoms with Gasteiger partial charge in [-0.1, -0.05) is 6.92 Å². The number of nitrogen functional groups attached to an aromatic ring is 1. The topological polar surface area (TPSA) is 92.4 Å². The molecule has 1 atom stereocenters. The van der Waals surface area contributed by atoms with Gasteiger partial charge in [0.05, 0.1) is 6.10 Å². The minimum Gasteiger partial charge on any atom is -0.398 e. The SMILES string of the molecule is CCC(O)CCNS(=O)(=O)c1cc(N)c(C)cc1F. The van der Waals surface area contributed by atoms with Crippen LogP contribution >= 0.6 is 0 Å². The van der Waals surface area contributed by atoms with Gasteiger partial charge in [0.15, 0.2) is 0 Å². The summed E-state index contributed by atoms with van der Waals surface area (Å²) in [6, 6.07) is 2.19. The van der Waals surface area contributed by atoms with Crippen LogP contribution in [-0.4, -0.2) is 26.2 Å². The Morgan fingerprint density at radius 1 is 1.47 bits per heavy atom. The molecule has 108 valence electrons. The number of rotatable bonds is 6. The minimum absolute atomic E-state index is 0.0462. The number of sulfonamides is 1. The van der Waals surface area contributed by atoms with Crippen LogP contribution in [0, 0.1) is 12.7 Å². The second-order valence-electron chi connectivity index (χ2n) is 4.39. The largest absolute Gasteiger partial charge is 0.398 e. The average Bonchev–Trinajstić information content (AvgIpc) is 2.33. The van der Waals surface area contributed by atoms with Crippen LogP contribution in [0.15, 0.2) is 17.0 Å². The van der Waals surface area contributed by atoms with Gasteiger partial charge in [-0.3, -0.25) is 0 Å². The monoisotopic (exact) mass is 290 g/mol. The highest BCUT2D eigenvalue weighted by atomic mass is 32.2. The maximum absolute atomic E-state index is 13.7. The third-order valence-corrected chi connectivity index (χ3v) is 4.33. The first kappa shape index (κ1) is 15.9. The van der Waals surface area contributed by atoms with Crippen molar-refractivity contribution in [3.63, 3.8) is 0 Å². The van der Waals surface area contributed by atoms with Gasteiger partial charge in [0.1, 0.15) is 10.7 Å². The molecule has 0 aromatic heterocycles. The fourth-order valence-corrected chi connectivity index (χ4v) is 2.66. The van der Waals surface area contributed by atoms with Crippen LogP contribution in [0.2, 0.25) is 0 Å². The molecular weight excluding hydrogens is 271 g/mol. The molecule has 1 aromatic carbocycles. The fourth-order valence-electron chi connectivity index (χ4n) is 1.52. The molecule has 0 aliphatic rings. The molecule has 0 saturated carbocycles. The van der Waals surface area contributed by atoms with Gasteiger partial charge < -0.3 is 10.8 Å². The first-order chi connectivity index (χ1) is 8.77. The lowest BCUT2D eigenvalue weighted by molar-refractivity contribution is 0.162. The summed E-state index contributed by atoms with van der Waals surface area (Å²) in [5, 5.41) is 9.33. The van der Waals surface area contributed by atoms with Gasteiger partial charge in [-0.25, -0.2) is 17.5 Å². The van der Waals surface area contributed by atoms with Gasteiger partial charge in [-0.15, -0.1) is 0 Å². The van der Waals surface area contributed by atoms with Crippen molar-refractivity contribution in [3.8, 4) is 0 Å². The first-order valence-corrected chi connectivity index (χ1v) is 7.49. The summed E-state index contributed by atoms with van der Waals surface area (Å²) < 4.78 is 39.7. The summed E-state index contributed by atoms with van der Waals surface area (Å²) in [6.45, 7) is 3.43. The van der Waals surface area contributed by atoms with Gasteiger partial charge in [0.2, 0.25) is 10.0 Å². The number of aryl methyl sites for hydroxylation is 1. The molecule has 0 saturated heterocycles. The highest BCUT2D eigenvalue weighted by molar-refractivity contribution is 7.89. The van der Waals surface area contributed by atoms with Gasteiger partial charge in [-0.2, -0.15) is 0 Å². The standard InChI is InChI=1S/C12H19FN2O3S/c1-3-9(16)4-5-15-19(17,18)12-7-11(14)8(2)6-10(12)13/h6-7,9,15-16H,3-5,14H2,1-2H3. The third kappa shape index (κ3) is 4.15. The van der Waals surface area contributed by atoms with Gasteiger partial charge in [0, 0.05) is 12.2 Å². The quantitative estimate of drug-likeness (QED) is 0.685. The van der Waals surface area contributed by atoms with Crippen molar-refractivity contribution in [2.24, 2.45) is 0 Å². The van der Waals surface area contributed by atoms with E-state index in [0.717, 1.165) is 12.1 Å². The van der Waals surface area contributed by atoms with Crippen molar-refractivity contribution in [2.75, 3.05) is 12.3 Å². The van der Waals surface area contributed by atoms with Crippen LogP contribution < -0.4 is 10.5 Å². The van der Waals surface area contributed by atoms with E-state index in [9.17, 15) is 17.9 Å². The normalized spacial score (nSPS) is 13.5. The zero-order valence-corrected chi connectivity index (χ0v) is 11.8. The van der Waals surface area contributed by atoms with E-state index in [0.29, 0.717) is 12.0 Å². The Morgan fingerprint density at radius 2 is 2.11 bits per heavy atom. The van der Waals surface area contributed by atoms with Crippen LogP contribution in [0.5, 0.6) is 0 Å². The first-order valence-electron chi connectivity index (χ1n) is 6.01. The Balaban J connectivity index is 2.86. The summed E-state index contributed by atoms with van der Waals surface area (Å²) in [4.78, 5) is -0.471. The molecule has 7 heteroatoms. The van der Waals surface area contributed by atoms with Crippen molar-refractivity contribution in [2.45, 2.75) is 37.7 Å².